The molecule has 92 valence electrons. The number of nitrogens with one attached hydrogen (secondary N) is 1. The minimum Gasteiger partial charge on any atom is -0.383 e. The van der Waals surface area contributed by atoms with Gasteiger partial charge in [0, 0.05) is 38.6 Å². The van der Waals surface area contributed by atoms with Crippen LogP contribution in [0, 0.1) is 0 Å². The van der Waals surface area contributed by atoms with Crippen LogP contribution in [0.4, 0.5) is 0 Å². The Morgan fingerprint density at radius 1 is 1.44 bits per heavy atom. The molecule has 1 heterocycles. The normalized spacial score (nSPS) is 12.9. The van der Waals surface area contributed by atoms with Gasteiger partial charge >= 0.3 is 0 Å². The van der Waals surface area contributed by atoms with E-state index >= 15 is 0 Å². The largest absolute Gasteiger partial charge is 0.383 e. The molecule has 3 nitrogen and oxygen atoms in total. The van der Waals surface area contributed by atoms with E-state index in [1.54, 1.807) is 7.11 Å². The van der Waals surface area contributed by atoms with Crippen LogP contribution in [0.15, 0.2) is 18.5 Å². The zero-order chi connectivity index (χ0) is 11.8. The van der Waals surface area contributed by atoms with Crippen LogP contribution < -0.4 is 5.32 Å². The zero-order valence-electron chi connectivity index (χ0n) is 10.7. The Morgan fingerprint density at radius 2 is 2.25 bits per heavy atom. The van der Waals surface area contributed by atoms with Crippen molar-refractivity contribution in [2.75, 3.05) is 13.7 Å². The average molecular weight is 224 g/mol. The summed E-state index contributed by atoms with van der Waals surface area (Å²) in [5.74, 6) is 0. The highest BCUT2D eigenvalue weighted by Gasteiger charge is 2.06. The number of nitrogens with zero attached hydrogens (tertiary/aromatic N) is 1. The molecule has 0 saturated carbocycles. The van der Waals surface area contributed by atoms with E-state index in [4.69, 9.17) is 4.74 Å². The smallest absolute Gasteiger partial charge is 0.0615 e. The van der Waals surface area contributed by atoms with Crippen molar-refractivity contribution >= 4 is 0 Å². The van der Waals surface area contributed by atoms with Crippen LogP contribution in [-0.4, -0.2) is 24.3 Å². The van der Waals surface area contributed by atoms with E-state index in [2.05, 4.69) is 42.2 Å². The second-order valence-electron chi connectivity index (χ2n) is 4.17. The third kappa shape index (κ3) is 4.37. The van der Waals surface area contributed by atoms with Gasteiger partial charge in [-0.2, -0.15) is 0 Å². The predicted molar refractivity (Wildman–Crippen MR) is 67.5 cm³/mol. The van der Waals surface area contributed by atoms with Crippen LogP contribution in [0.2, 0.25) is 0 Å². The minimum atomic E-state index is 0.472. The fourth-order valence-corrected chi connectivity index (χ4v) is 1.85. The first-order valence-electron chi connectivity index (χ1n) is 6.17. The van der Waals surface area contributed by atoms with E-state index in [1.807, 2.05) is 0 Å². The minimum absolute atomic E-state index is 0.472. The van der Waals surface area contributed by atoms with E-state index in [0.29, 0.717) is 6.04 Å². The Morgan fingerprint density at radius 3 is 2.81 bits per heavy atom. The van der Waals surface area contributed by atoms with Crippen molar-refractivity contribution in [2.24, 2.45) is 0 Å². The molecule has 3 heteroatoms. The Bertz CT molecular complexity index is 277. The summed E-state index contributed by atoms with van der Waals surface area (Å²) in [6.45, 7) is 7.12. The van der Waals surface area contributed by atoms with Gasteiger partial charge in [-0.05, 0) is 25.0 Å². The topological polar surface area (TPSA) is 26.2 Å². The number of aromatic nitrogens is 1. The third-order valence-electron chi connectivity index (χ3n) is 2.78. The van der Waals surface area contributed by atoms with Crippen molar-refractivity contribution in [1.82, 2.24) is 9.88 Å². The second-order valence-corrected chi connectivity index (χ2v) is 4.17. The van der Waals surface area contributed by atoms with E-state index in [9.17, 15) is 0 Å². The van der Waals surface area contributed by atoms with Crippen LogP contribution in [0.1, 0.15) is 32.3 Å². The first kappa shape index (κ1) is 13.3. The van der Waals surface area contributed by atoms with Crippen LogP contribution in [0.25, 0.3) is 0 Å². The SMILES string of the molecule is CCCC(COC)NCc1ccn(CC)c1. The van der Waals surface area contributed by atoms with Gasteiger partial charge in [0.15, 0.2) is 0 Å². The summed E-state index contributed by atoms with van der Waals surface area (Å²) in [6.07, 6.45) is 6.68. The molecule has 16 heavy (non-hydrogen) atoms. The van der Waals surface area contributed by atoms with Crippen molar-refractivity contribution in [3.8, 4) is 0 Å². The molecule has 0 bridgehead atoms. The molecule has 0 aliphatic carbocycles. The molecule has 1 aromatic rings. The Labute approximate surface area is 98.8 Å². The van der Waals surface area contributed by atoms with Crippen molar-refractivity contribution in [1.29, 1.82) is 0 Å². The van der Waals surface area contributed by atoms with Gasteiger partial charge in [0.1, 0.15) is 0 Å². The van der Waals surface area contributed by atoms with Gasteiger partial charge in [-0.1, -0.05) is 13.3 Å². The molecule has 0 saturated heterocycles. The lowest BCUT2D eigenvalue weighted by Crippen LogP contribution is -2.32. The molecule has 0 amide bonds. The fourth-order valence-electron chi connectivity index (χ4n) is 1.85. The van der Waals surface area contributed by atoms with Crippen LogP contribution in [0.5, 0.6) is 0 Å². The van der Waals surface area contributed by atoms with Crippen molar-refractivity contribution in [3.05, 3.63) is 24.0 Å². The summed E-state index contributed by atoms with van der Waals surface area (Å²) in [5.41, 5.74) is 1.35. The summed E-state index contributed by atoms with van der Waals surface area (Å²) in [4.78, 5) is 0. The Balaban J connectivity index is 2.35. The van der Waals surface area contributed by atoms with E-state index < -0.39 is 0 Å². The van der Waals surface area contributed by atoms with Gasteiger partial charge in [-0.15, -0.1) is 0 Å². The second kappa shape index (κ2) is 7.47. The lowest BCUT2D eigenvalue weighted by molar-refractivity contribution is 0.161. The first-order valence-corrected chi connectivity index (χ1v) is 6.17. The number of aryl methyl sites for hydroxylation is 1. The van der Waals surface area contributed by atoms with Gasteiger partial charge in [0.2, 0.25) is 0 Å². The summed E-state index contributed by atoms with van der Waals surface area (Å²) in [6, 6.07) is 2.65. The lowest BCUT2D eigenvalue weighted by atomic mass is 10.1. The van der Waals surface area contributed by atoms with E-state index in [1.165, 1.54) is 18.4 Å². The van der Waals surface area contributed by atoms with Gasteiger partial charge in [-0.25, -0.2) is 0 Å². The molecule has 0 spiro atoms. The maximum atomic E-state index is 5.20. The van der Waals surface area contributed by atoms with Crippen LogP contribution >= 0.6 is 0 Å². The summed E-state index contributed by atoms with van der Waals surface area (Å²) >= 11 is 0. The highest BCUT2D eigenvalue weighted by atomic mass is 16.5. The monoisotopic (exact) mass is 224 g/mol. The van der Waals surface area contributed by atoms with Crippen molar-refractivity contribution in [3.63, 3.8) is 0 Å². The van der Waals surface area contributed by atoms with Gasteiger partial charge < -0.3 is 14.6 Å². The average Bonchev–Trinajstić information content (AvgIpc) is 2.74. The number of rotatable bonds is 8. The molecule has 0 aromatic carbocycles. The van der Waals surface area contributed by atoms with E-state index in [0.717, 1.165) is 19.7 Å². The zero-order valence-corrected chi connectivity index (χ0v) is 10.7. The molecule has 0 aliphatic rings. The number of ether oxygens (including phenoxy) is 1. The Kier molecular flexibility index (Phi) is 6.19. The van der Waals surface area contributed by atoms with Gasteiger partial charge in [0.25, 0.3) is 0 Å². The van der Waals surface area contributed by atoms with E-state index in [-0.39, 0.29) is 0 Å². The molecule has 1 unspecified atom stereocenters. The molecule has 1 N–H and O–H groups in total. The molecule has 0 radical (unpaired) electrons. The van der Waals surface area contributed by atoms with Gasteiger partial charge in [0.05, 0.1) is 6.61 Å². The maximum absolute atomic E-state index is 5.20. The summed E-state index contributed by atoms with van der Waals surface area (Å²) < 4.78 is 7.40. The predicted octanol–water partition coefficient (Wildman–Crippen LogP) is 2.41. The molecule has 0 aliphatic heterocycles. The standard InChI is InChI=1S/C13H24N2O/c1-4-6-13(11-16-3)14-9-12-7-8-15(5-2)10-12/h7-8,10,13-14H,4-6,9,11H2,1-3H3. The number of methoxy groups -OCH3 is 1. The molecular formula is C13H24N2O. The third-order valence-corrected chi connectivity index (χ3v) is 2.78. The summed E-state index contributed by atoms with van der Waals surface area (Å²) in [5, 5.41) is 3.54. The molecule has 1 atom stereocenters. The highest BCUT2D eigenvalue weighted by molar-refractivity contribution is 5.09. The quantitative estimate of drug-likeness (QED) is 0.734. The molecule has 1 aromatic heterocycles. The van der Waals surface area contributed by atoms with Gasteiger partial charge in [-0.3, -0.25) is 0 Å². The van der Waals surface area contributed by atoms with Crippen LogP contribution in [-0.2, 0) is 17.8 Å². The Hall–Kier alpha value is -0.800. The van der Waals surface area contributed by atoms with Crippen molar-refractivity contribution < 1.29 is 4.74 Å². The first-order chi connectivity index (χ1) is 7.80. The molecule has 1 rings (SSSR count). The fraction of sp³-hybridized carbons (Fsp3) is 0.692. The highest BCUT2D eigenvalue weighted by Crippen LogP contribution is 2.03. The maximum Gasteiger partial charge on any atom is 0.0615 e. The van der Waals surface area contributed by atoms with Crippen LogP contribution in [0.3, 0.4) is 0 Å². The van der Waals surface area contributed by atoms with Crippen molar-refractivity contribution in [2.45, 2.75) is 45.8 Å². The number of hydrogen-bond donors (Lipinski definition) is 1. The number of hydrogen-bond acceptors (Lipinski definition) is 2. The molecular weight excluding hydrogens is 200 g/mol. The summed E-state index contributed by atoms with van der Waals surface area (Å²) in [7, 11) is 1.76. The molecule has 0 fully saturated rings. The lowest BCUT2D eigenvalue weighted by Gasteiger charge is -2.16.